The topological polar surface area (TPSA) is 100 Å². The largest absolute Gasteiger partial charge is 0.354 e. The zero-order chi connectivity index (χ0) is 19.7. The molecule has 2 aliphatic rings. The highest BCUT2D eigenvalue weighted by Crippen LogP contribution is 2.25. The minimum atomic E-state index is -0.0639. The van der Waals surface area contributed by atoms with Crippen LogP contribution in [0.3, 0.4) is 0 Å². The first kappa shape index (κ1) is 21.5. The van der Waals surface area contributed by atoms with Crippen LogP contribution in [0, 0.1) is 19.8 Å². The predicted molar refractivity (Wildman–Crippen MR) is 111 cm³/mol. The molecular formula is C20H28ClN5O3. The highest BCUT2D eigenvalue weighted by Gasteiger charge is 2.28. The average Bonchev–Trinajstić information content (AvgIpc) is 3.36. The fourth-order valence-electron chi connectivity index (χ4n) is 4.25. The second-order valence-electron chi connectivity index (χ2n) is 7.91. The first-order chi connectivity index (χ1) is 13.5. The van der Waals surface area contributed by atoms with Gasteiger partial charge in [0, 0.05) is 25.3 Å². The van der Waals surface area contributed by atoms with Crippen LogP contribution in [0.2, 0.25) is 0 Å². The minimum Gasteiger partial charge on any atom is -0.354 e. The summed E-state index contributed by atoms with van der Waals surface area (Å²) in [6, 6.07) is 1.75. The number of carbonyl (C=O) groups excluding carboxylic acids is 2. The lowest BCUT2D eigenvalue weighted by Crippen LogP contribution is -2.46. The number of aromatic nitrogens is 2. The Labute approximate surface area is 176 Å². The van der Waals surface area contributed by atoms with E-state index in [9.17, 15) is 9.59 Å². The van der Waals surface area contributed by atoms with E-state index in [1.807, 2.05) is 24.8 Å². The van der Waals surface area contributed by atoms with E-state index in [4.69, 9.17) is 4.52 Å². The lowest BCUT2D eigenvalue weighted by atomic mass is 9.96. The van der Waals surface area contributed by atoms with Crippen molar-refractivity contribution >= 4 is 35.3 Å². The van der Waals surface area contributed by atoms with Crippen molar-refractivity contribution in [2.45, 2.75) is 45.6 Å². The molecule has 0 bridgehead atoms. The van der Waals surface area contributed by atoms with Crippen LogP contribution in [-0.4, -0.2) is 59.1 Å². The quantitative estimate of drug-likeness (QED) is 0.782. The molecule has 2 unspecified atom stereocenters. The Bertz CT molecular complexity index is 894. The molecule has 29 heavy (non-hydrogen) atoms. The summed E-state index contributed by atoms with van der Waals surface area (Å²) < 4.78 is 5.26. The highest BCUT2D eigenvalue weighted by atomic mass is 35.5. The maximum absolute atomic E-state index is 13.2. The second-order valence-corrected chi connectivity index (χ2v) is 7.91. The standard InChI is InChI=1S/C20H27N5O3.ClH/c1-12-9-15(17-13(2)24-28-19(17)23-12)20(27)25-8-4-5-14(11-25)10-22-18(26)16-6-3-7-21-16;/h9,14,16,21H,3-8,10-11H2,1-2H3,(H,22,26);1H. The molecule has 2 N–H and O–H groups in total. The van der Waals surface area contributed by atoms with Gasteiger partial charge in [0.1, 0.15) is 0 Å². The molecule has 2 atom stereocenters. The third-order valence-electron chi connectivity index (χ3n) is 5.72. The van der Waals surface area contributed by atoms with Crippen LogP contribution in [0.25, 0.3) is 11.1 Å². The molecule has 0 aliphatic carbocycles. The summed E-state index contributed by atoms with van der Waals surface area (Å²) in [7, 11) is 0. The van der Waals surface area contributed by atoms with Gasteiger partial charge in [-0.25, -0.2) is 4.98 Å². The molecule has 158 valence electrons. The Morgan fingerprint density at radius 1 is 1.31 bits per heavy atom. The Morgan fingerprint density at radius 3 is 2.90 bits per heavy atom. The van der Waals surface area contributed by atoms with Crippen molar-refractivity contribution in [3.63, 3.8) is 0 Å². The van der Waals surface area contributed by atoms with E-state index in [1.165, 1.54) is 0 Å². The van der Waals surface area contributed by atoms with E-state index in [0.29, 0.717) is 35.4 Å². The minimum absolute atomic E-state index is 0. The summed E-state index contributed by atoms with van der Waals surface area (Å²) in [5.41, 5.74) is 2.42. The predicted octanol–water partition coefficient (Wildman–Crippen LogP) is 1.98. The van der Waals surface area contributed by atoms with Crippen LogP contribution in [0.15, 0.2) is 10.6 Å². The number of likely N-dealkylation sites (tertiary alicyclic amines) is 1. The van der Waals surface area contributed by atoms with Gasteiger partial charge in [-0.15, -0.1) is 12.4 Å². The van der Waals surface area contributed by atoms with Crippen molar-refractivity contribution in [3.05, 3.63) is 23.0 Å². The number of hydrogen-bond donors (Lipinski definition) is 2. The zero-order valence-electron chi connectivity index (χ0n) is 16.9. The summed E-state index contributed by atoms with van der Waals surface area (Å²) >= 11 is 0. The Morgan fingerprint density at radius 2 is 2.14 bits per heavy atom. The number of aryl methyl sites for hydroxylation is 2. The number of nitrogens with one attached hydrogen (secondary N) is 2. The normalized spacial score (nSPS) is 21.8. The van der Waals surface area contributed by atoms with Crippen LogP contribution in [0.4, 0.5) is 0 Å². The van der Waals surface area contributed by atoms with Crippen LogP contribution in [-0.2, 0) is 4.79 Å². The molecule has 2 amide bonds. The molecule has 9 heteroatoms. The van der Waals surface area contributed by atoms with E-state index in [0.717, 1.165) is 44.5 Å². The van der Waals surface area contributed by atoms with Crippen molar-refractivity contribution in [1.29, 1.82) is 0 Å². The van der Waals surface area contributed by atoms with Gasteiger partial charge in [-0.1, -0.05) is 5.16 Å². The number of halogens is 1. The molecule has 8 nitrogen and oxygen atoms in total. The smallest absolute Gasteiger partial charge is 0.258 e. The summed E-state index contributed by atoms with van der Waals surface area (Å²) in [5.74, 6) is 0.327. The molecule has 4 rings (SSSR count). The average molecular weight is 422 g/mol. The van der Waals surface area contributed by atoms with Crippen molar-refractivity contribution < 1.29 is 14.1 Å². The summed E-state index contributed by atoms with van der Waals surface area (Å²) in [5, 5.41) is 10.9. The SMILES string of the molecule is Cc1cc(C(=O)N2CCCC(CNC(=O)C3CCCN3)C2)c2c(C)noc2n1.Cl. The molecule has 2 aliphatic heterocycles. The van der Waals surface area contributed by atoms with Crippen LogP contribution >= 0.6 is 12.4 Å². The Hall–Kier alpha value is -2.19. The molecule has 0 radical (unpaired) electrons. The second kappa shape index (κ2) is 9.09. The van der Waals surface area contributed by atoms with E-state index in [-0.39, 0.29) is 36.2 Å². The van der Waals surface area contributed by atoms with Crippen molar-refractivity contribution in [1.82, 2.24) is 25.7 Å². The molecule has 2 aromatic rings. The Balaban J connectivity index is 0.00000240. The van der Waals surface area contributed by atoms with Crippen LogP contribution in [0.5, 0.6) is 0 Å². The fraction of sp³-hybridized carbons (Fsp3) is 0.600. The molecule has 0 aromatic carbocycles. The first-order valence-electron chi connectivity index (χ1n) is 10.1. The van der Waals surface area contributed by atoms with Gasteiger partial charge < -0.3 is 20.1 Å². The van der Waals surface area contributed by atoms with Gasteiger partial charge >= 0.3 is 0 Å². The molecule has 4 heterocycles. The molecule has 2 saturated heterocycles. The van der Waals surface area contributed by atoms with Crippen molar-refractivity contribution in [2.75, 3.05) is 26.2 Å². The van der Waals surface area contributed by atoms with E-state index >= 15 is 0 Å². The van der Waals surface area contributed by atoms with E-state index < -0.39 is 0 Å². The molecular weight excluding hydrogens is 394 g/mol. The zero-order valence-corrected chi connectivity index (χ0v) is 17.7. The van der Waals surface area contributed by atoms with Gasteiger partial charge in [0.2, 0.25) is 5.91 Å². The summed E-state index contributed by atoms with van der Waals surface area (Å²) in [6.07, 6.45) is 3.89. The van der Waals surface area contributed by atoms with Gasteiger partial charge in [-0.2, -0.15) is 0 Å². The number of carbonyl (C=O) groups is 2. The van der Waals surface area contributed by atoms with Crippen LogP contribution in [0.1, 0.15) is 47.4 Å². The van der Waals surface area contributed by atoms with Gasteiger partial charge in [-0.3, -0.25) is 9.59 Å². The van der Waals surface area contributed by atoms with Gasteiger partial charge in [-0.05, 0) is 58.1 Å². The first-order valence-corrected chi connectivity index (χ1v) is 10.1. The van der Waals surface area contributed by atoms with E-state index in [2.05, 4.69) is 20.8 Å². The number of hydrogen-bond acceptors (Lipinski definition) is 6. The fourth-order valence-corrected chi connectivity index (χ4v) is 4.25. The lowest BCUT2D eigenvalue weighted by Gasteiger charge is -2.33. The van der Waals surface area contributed by atoms with Crippen LogP contribution < -0.4 is 10.6 Å². The molecule has 2 aromatic heterocycles. The Kier molecular flexibility index (Phi) is 6.74. The van der Waals surface area contributed by atoms with Gasteiger partial charge in [0.25, 0.3) is 11.6 Å². The highest BCUT2D eigenvalue weighted by molar-refractivity contribution is 6.06. The third-order valence-corrected chi connectivity index (χ3v) is 5.72. The van der Waals surface area contributed by atoms with E-state index in [1.54, 1.807) is 0 Å². The number of pyridine rings is 1. The third kappa shape index (κ3) is 4.53. The number of rotatable bonds is 4. The lowest BCUT2D eigenvalue weighted by molar-refractivity contribution is -0.123. The van der Waals surface area contributed by atoms with Crippen molar-refractivity contribution in [3.8, 4) is 0 Å². The number of nitrogens with zero attached hydrogens (tertiary/aromatic N) is 3. The summed E-state index contributed by atoms with van der Waals surface area (Å²) in [6.45, 7) is 6.56. The summed E-state index contributed by atoms with van der Waals surface area (Å²) in [4.78, 5) is 31.7. The number of fused-ring (bicyclic) bond motifs is 1. The van der Waals surface area contributed by atoms with Gasteiger partial charge in [0.05, 0.1) is 22.7 Å². The molecule has 0 saturated carbocycles. The maximum atomic E-state index is 13.2. The molecule has 0 spiro atoms. The monoisotopic (exact) mass is 421 g/mol. The maximum Gasteiger partial charge on any atom is 0.258 e. The van der Waals surface area contributed by atoms with Gasteiger partial charge in [0.15, 0.2) is 0 Å². The van der Waals surface area contributed by atoms with Crippen molar-refractivity contribution in [2.24, 2.45) is 5.92 Å². The number of piperidine rings is 1. The number of amides is 2. The molecule has 2 fully saturated rings.